The lowest BCUT2D eigenvalue weighted by Gasteiger charge is -2.13. The van der Waals surface area contributed by atoms with Crippen molar-refractivity contribution in [2.75, 3.05) is 6.54 Å². The van der Waals surface area contributed by atoms with Crippen LogP contribution < -0.4 is 10.9 Å². The largest absolute Gasteiger partial charge is 0.354 e. The number of hydrogen-bond acceptors (Lipinski definition) is 4. The summed E-state index contributed by atoms with van der Waals surface area (Å²) in [6.07, 6.45) is 9.65. The van der Waals surface area contributed by atoms with Crippen molar-refractivity contribution in [2.24, 2.45) is 0 Å². The molecule has 4 rings (SSSR count). The predicted octanol–water partition coefficient (Wildman–Crippen LogP) is 3.84. The molecule has 0 spiro atoms. The minimum atomic E-state index is -0.214. The van der Waals surface area contributed by atoms with E-state index in [-0.39, 0.29) is 18.0 Å². The van der Waals surface area contributed by atoms with Crippen LogP contribution in [0.3, 0.4) is 0 Å². The highest BCUT2D eigenvalue weighted by Gasteiger charge is 2.17. The molecule has 0 aliphatic heterocycles. The van der Waals surface area contributed by atoms with Crippen molar-refractivity contribution in [1.29, 1.82) is 0 Å². The van der Waals surface area contributed by atoms with Gasteiger partial charge in [0.05, 0.1) is 10.2 Å². The van der Waals surface area contributed by atoms with Crippen LogP contribution in [0.2, 0.25) is 0 Å². The molecule has 0 bridgehead atoms. The van der Waals surface area contributed by atoms with Gasteiger partial charge in [0.2, 0.25) is 5.91 Å². The molecule has 7 heteroatoms. The number of carbonyl (C=O) groups excluding carboxylic acids is 1. The zero-order valence-corrected chi connectivity index (χ0v) is 18.0. The van der Waals surface area contributed by atoms with Crippen molar-refractivity contribution < 1.29 is 4.79 Å². The zero-order valence-electron chi connectivity index (χ0n) is 17.2. The number of carbonyl (C=O) groups is 1. The van der Waals surface area contributed by atoms with Gasteiger partial charge in [-0.25, -0.2) is 4.68 Å². The fourth-order valence-electron chi connectivity index (χ4n) is 4.04. The first-order chi connectivity index (χ1) is 14.1. The summed E-state index contributed by atoms with van der Waals surface area (Å²) < 4.78 is 4.36. The van der Waals surface area contributed by atoms with Crippen LogP contribution >= 0.6 is 11.3 Å². The number of rotatable bonds is 7. The van der Waals surface area contributed by atoms with Gasteiger partial charge in [-0.2, -0.15) is 5.10 Å². The molecule has 0 aromatic carbocycles. The maximum Gasteiger partial charge on any atom is 0.291 e. The second kappa shape index (κ2) is 8.53. The van der Waals surface area contributed by atoms with Crippen molar-refractivity contribution in [2.45, 2.75) is 65.3 Å². The lowest BCUT2D eigenvalue weighted by molar-refractivity contribution is -0.121. The van der Waals surface area contributed by atoms with Crippen molar-refractivity contribution in [3.8, 4) is 0 Å². The van der Waals surface area contributed by atoms with Crippen LogP contribution in [0.4, 0.5) is 0 Å². The third-order valence-electron chi connectivity index (χ3n) is 5.60. The first-order valence-electron chi connectivity index (χ1n) is 10.6. The second-order valence-electron chi connectivity index (χ2n) is 7.62. The fraction of sp³-hybridized carbons (Fsp3) is 0.500. The number of nitrogens with zero attached hydrogens (tertiary/aromatic N) is 3. The Morgan fingerprint density at radius 3 is 2.79 bits per heavy atom. The van der Waals surface area contributed by atoms with Crippen molar-refractivity contribution in [1.82, 2.24) is 19.5 Å². The van der Waals surface area contributed by atoms with Crippen LogP contribution in [0, 0.1) is 0 Å². The number of amides is 1. The lowest BCUT2D eigenvalue weighted by Crippen LogP contribution is -2.35. The van der Waals surface area contributed by atoms with Crippen molar-refractivity contribution in [3.63, 3.8) is 0 Å². The molecule has 0 fully saturated rings. The van der Waals surface area contributed by atoms with Crippen LogP contribution in [0.5, 0.6) is 0 Å². The quantitative estimate of drug-likeness (QED) is 0.600. The predicted molar refractivity (Wildman–Crippen MR) is 118 cm³/mol. The van der Waals surface area contributed by atoms with E-state index in [0.717, 1.165) is 41.7 Å². The molecule has 1 amide bonds. The number of thiophene rings is 1. The van der Waals surface area contributed by atoms with Gasteiger partial charge in [-0.1, -0.05) is 25.5 Å². The Balaban J connectivity index is 1.54. The average molecular weight is 413 g/mol. The highest BCUT2D eigenvalue weighted by Crippen LogP contribution is 2.29. The van der Waals surface area contributed by atoms with Gasteiger partial charge in [-0.3, -0.25) is 14.0 Å². The summed E-state index contributed by atoms with van der Waals surface area (Å²) in [5.41, 5.74) is 2.86. The molecular formula is C22H28N4O2S. The van der Waals surface area contributed by atoms with Crippen molar-refractivity contribution >= 4 is 33.0 Å². The highest BCUT2D eigenvalue weighted by molar-refractivity contribution is 7.19. The molecule has 0 radical (unpaired) electrons. The van der Waals surface area contributed by atoms with Crippen LogP contribution in [0.25, 0.3) is 15.7 Å². The number of nitrogens with one attached hydrogen (secondary N) is 1. The first kappa shape index (κ1) is 19.9. The van der Waals surface area contributed by atoms with Gasteiger partial charge in [-0.15, -0.1) is 11.3 Å². The Kier molecular flexibility index (Phi) is 5.85. The Labute approximate surface area is 174 Å². The molecule has 3 aromatic rings. The average Bonchev–Trinajstić information content (AvgIpc) is 3.29. The molecule has 0 atom stereocenters. The first-order valence-corrected chi connectivity index (χ1v) is 11.4. The standard InChI is InChI=1S/C22H28N4O2S/c1-3-16-12-17-19(29-16)13-18-22(28)25(24-20(4-2)26(17)18)14-21(27)23-11-10-15-8-6-5-7-9-15/h8,12-13H,3-7,9-11,14H2,1-2H3,(H,23,27). The summed E-state index contributed by atoms with van der Waals surface area (Å²) >= 11 is 1.71. The molecular weight excluding hydrogens is 384 g/mol. The molecule has 154 valence electrons. The number of hydrogen-bond donors (Lipinski definition) is 1. The molecule has 1 N–H and O–H groups in total. The second-order valence-corrected chi connectivity index (χ2v) is 8.79. The number of aryl methyl sites for hydroxylation is 2. The number of fused-ring (bicyclic) bond motifs is 3. The van der Waals surface area contributed by atoms with Gasteiger partial charge in [-0.05, 0) is 50.7 Å². The molecule has 3 aromatic heterocycles. The minimum Gasteiger partial charge on any atom is -0.354 e. The molecule has 0 saturated carbocycles. The summed E-state index contributed by atoms with van der Waals surface area (Å²) in [7, 11) is 0. The van der Waals surface area contributed by atoms with E-state index in [9.17, 15) is 9.59 Å². The van der Waals surface area contributed by atoms with Crippen LogP contribution in [0.15, 0.2) is 28.6 Å². The molecule has 0 unspecified atom stereocenters. The zero-order chi connectivity index (χ0) is 20.4. The summed E-state index contributed by atoms with van der Waals surface area (Å²) in [5, 5.41) is 7.46. The molecule has 29 heavy (non-hydrogen) atoms. The van der Waals surface area contributed by atoms with E-state index in [1.807, 2.05) is 17.4 Å². The van der Waals surface area contributed by atoms with Gasteiger partial charge in [0.15, 0.2) is 0 Å². The third-order valence-corrected chi connectivity index (χ3v) is 6.82. The summed E-state index contributed by atoms with van der Waals surface area (Å²) in [6, 6.07) is 4.08. The minimum absolute atomic E-state index is 0.0413. The van der Waals surface area contributed by atoms with E-state index in [0.29, 0.717) is 18.5 Å². The van der Waals surface area contributed by atoms with E-state index in [1.54, 1.807) is 11.3 Å². The van der Waals surface area contributed by atoms with Gasteiger partial charge in [0, 0.05) is 17.8 Å². The molecule has 0 saturated heterocycles. The maximum absolute atomic E-state index is 13.0. The van der Waals surface area contributed by atoms with Crippen LogP contribution in [0.1, 0.15) is 56.7 Å². The Morgan fingerprint density at radius 2 is 2.07 bits per heavy atom. The molecule has 1 aliphatic rings. The highest BCUT2D eigenvalue weighted by atomic mass is 32.1. The SMILES string of the molecule is CCc1cc2c(cc3c(=O)n(CC(=O)NCCC4=CCCCC4)nc(CC)n32)s1. The molecule has 3 heterocycles. The number of aromatic nitrogens is 3. The van der Waals surface area contributed by atoms with Gasteiger partial charge in [0.25, 0.3) is 5.56 Å². The van der Waals surface area contributed by atoms with E-state index < -0.39 is 0 Å². The maximum atomic E-state index is 13.0. The smallest absolute Gasteiger partial charge is 0.291 e. The summed E-state index contributed by atoms with van der Waals surface area (Å²) in [5.74, 6) is 0.638. The van der Waals surface area contributed by atoms with Crippen LogP contribution in [-0.4, -0.2) is 26.6 Å². The fourth-order valence-corrected chi connectivity index (χ4v) is 5.06. The van der Waals surface area contributed by atoms with Gasteiger partial charge >= 0.3 is 0 Å². The summed E-state index contributed by atoms with van der Waals surface area (Å²) in [4.78, 5) is 26.7. The normalized spacial score (nSPS) is 14.5. The van der Waals surface area contributed by atoms with E-state index in [1.165, 1.54) is 28.0 Å². The topological polar surface area (TPSA) is 68.4 Å². The van der Waals surface area contributed by atoms with E-state index >= 15 is 0 Å². The van der Waals surface area contributed by atoms with Crippen molar-refractivity contribution in [3.05, 3.63) is 44.8 Å². The van der Waals surface area contributed by atoms with E-state index in [4.69, 9.17) is 0 Å². The van der Waals surface area contributed by atoms with Gasteiger partial charge < -0.3 is 5.32 Å². The third kappa shape index (κ3) is 4.01. The van der Waals surface area contributed by atoms with Gasteiger partial charge in [0.1, 0.15) is 17.9 Å². The van der Waals surface area contributed by atoms with E-state index in [2.05, 4.69) is 29.5 Å². The Hall–Kier alpha value is -2.41. The lowest BCUT2D eigenvalue weighted by atomic mass is 9.97. The van der Waals surface area contributed by atoms with Crippen LogP contribution in [-0.2, 0) is 24.2 Å². The molecule has 1 aliphatic carbocycles. The number of allylic oxidation sites excluding steroid dienone is 1. The molecule has 6 nitrogen and oxygen atoms in total. The monoisotopic (exact) mass is 412 g/mol. The summed E-state index contributed by atoms with van der Waals surface area (Å²) in [6.45, 7) is 4.73. The Morgan fingerprint density at radius 1 is 1.21 bits per heavy atom. The Bertz CT molecular complexity index is 1140.